The standard InChI is InChI=1S/C12H20IN3O/c1-5-7-9(17-4)11-15-8(3)10(13)12(16-11)14-6-2/h9H,5-7H2,1-4H3,(H,14,15,16). The lowest BCUT2D eigenvalue weighted by Gasteiger charge is -2.16. The van der Waals surface area contributed by atoms with E-state index in [-0.39, 0.29) is 6.10 Å². The second-order valence-electron chi connectivity index (χ2n) is 3.87. The molecule has 1 aromatic heterocycles. The third kappa shape index (κ3) is 3.77. The topological polar surface area (TPSA) is 47.0 Å². The molecule has 0 aliphatic carbocycles. The van der Waals surface area contributed by atoms with Crippen LogP contribution in [0, 0.1) is 10.5 Å². The van der Waals surface area contributed by atoms with Crippen molar-refractivity contribution < 1.29 is 4.74 Å². The highest BCUT2D eigenvalue weighted by Crippen LogP contribution is 2.24. The van der Waals surface area contributed by atoms with Gasteiger partial charge in [0.1, 0.15) is 11.9 Å². The Morgan fingerprint density at radius 1 is 1.35 bits per heavy atom. The average Bonchev–Trinajstić information content (AvgIpc) is 2.32. The molecule has 0 bridgehead atoms. The zero-order valence-electron chi connectivity index (χ0n) is 10.9. The first-order valence-corrected chi connectivity index (χ1v) is 7.02. The van der Waals surface area contributed by atoms with Crippen molar-refractivity contribution in [3.05, 3.63) is 15.1 Å². The Balaban J connectivity index is 3.07. The van der Waals surface area contributed by atoms with Crippen LogP contribution in [0.25, 0.3) is 0 Å². The van der Waals surface area contributed by atoms with Crippen molar-refractivity contribution in [2.24, 2.45) is 0 Å². The van der Waals surface area contributed by atoms with Gasteiger partial charge in [-0.3, -0.25) is 0 Å². The minimum Gasteiger partial charge on any atom is -0.373 e. The highest BCUT2D eigenvalue weighted by Gasteiger charge is 2.16. The van der Waals surface area contributed by atoms with Gasteiger partial charge in [-0.05, 0) is 42.9 Å². The van der Waals surface area contributed by atoms with E-state index in [9.17, 15) is 0 Å². The van der Waals surface area contributed by atoms with Crippen LogP contribution in [-0.2, 0) is 4.74 Å². The Labute approximate surface area is 117 Å². The molecule has 0 fully saturated rings. The van der Waals surface area contributed by atoms with E-state index in [1.165, 1.54) is 0 Å². The van der Waals surface area contributed by atoms with Gasteiger partial charge in [-0.1, -0.05) is 13.3 Å². The summed E-state index contributed by atoms with van der Waals surface area (Å²) in [5, 5.41) is 3.26. The lowest BCUT2D eigenvalue weighted by atomic mass is 10.2. The number of hydrogen-bond acceptors (Lipinski definition) is 4. The number of nitrogens with zero attached hydrogens (tertiary/aromatic N) is 2. The number of nitrogens with one attached hydrogen (secondary N) is 1. The second kappa shape index (κ2) is 7.10. The van der Waals surface area contributed by atoms with Gasteiger partial charge in [0.2, 0.25) is 0 Å². The quantitative estimate of drug-likeness (QED) is 0.801. The van der Waals surface area contributed by atoms with Gasteiger partial charge >= 0.3 is 0 Å². The minimum absolute atomic E-state index is 0.00638. The molecule has 0 radical (unpaired) electrons. The van der Waals surface area contributed by atoms with Crippen molar-refractivity contribution in [2.75, 3.05) is 19.0 Å². The Kier molecular flexibility index (Phi) is 6.11. The SMILES string of the molecule is CCCC(OC)c1nc(C)c(I)c(NCC)n1. The third-order valence-electron chi connectivity index (χ3n) is 2.50. The molecule has 1 N–H and O–H groups in total. The van der Waals surface area contributed by atoms with Gasteiger partial charge in [-0.2, -0.15) is 0 Å². The summed E-state index contributed by atoms with van der Waals surface area (Å²) in [6, 6.07) is 0. The molecular weight excluding hydrogens is 329 g/mol. The predicted molar refractivity (Wildman–Crippen MR) is 78.3 cm³/mol. The minimum atomic E-state index is -0.00638. The molecule has 5 heteroatoms. The first-order chi connectivity index (χ1) is 8.13. The molecule has 0 spiro atoms. The summed E-state index contributed by atoms with van der Waals surface area (Å²) in [5.74, 6) is 1.69. The first-order valence-electron chi connectivity index (χ1n) is 5.94. The molecule has 4 nitrogen and oxygen atoms in total. The van der Waals surface area contributed by atoms with Crippen LogP contribution in [0.15, 0.2) is 0 Å². The fourth-order valence-electron chi connectivity index (χ4n) is 1.62. The van der Waals surface area contributed by atoms with E-state index in [0.717, 1.165) is 40.3 Å². The highest BCUT2D eigenvalue weighted by molar-refractivity contribution is 14.1. The third-order valence-corrected chi connectivity index (χ3v) is 3.79. The Morgan fingerprint density at radius 3 is 2.59 bits per heavy atom. The van der Waals surface area contributed by atoms with Crippen molar-refractivity contribution in [2.45, 2.75) is 39.7 Å². The molecule has 1 heterocycles. The van der Waals surface area contributed by atoms with Crippen LogP contribution in [0.4, 0.5) is 5.82 Å². The van der Waals surface area contributed by atoms with Gasteiger partial charge in [0.15, 0.2) is 5.82 Å². The molecule has 1 atom stereocenters. The van der Waals surface area contributed by atoms with Crippen molar-refractivity contribution in [3.63, 3.8) is 0 Å². The molecule has 96 valence electrons. The van der Waals surface area contributed by atoms with Crippen molar-refractivity contribution in [3.8, 4) is 0 Å². The summed E-state index contributed by atoms with van der Waals surface area (Å²) >= 11 is 2.27. The summed E-state index contributed by atoms with van der Waals surface area (Å²) in [5.41, 5.74) is 1.00. The number of rotatable bonds is 6. The molecule has 0 aliphatic rings. The van der Waals surface area contributed by atoms with Crippen LogP contribution in [0.3, 0.4) is 0 Å². The molecule has 0 saturated carbocycles. The van der Waals surface area contributed by atoms with Crippen LogP contribution in [0.2, 0.25) is 0 Å². The monoisotopic (exact) mass is 349 g/mol. The van der Waals surface area contributed by atoms with Crippen molar-refractivity contribution in [1.82, 2.24) is 9.97 Å². The predicted octanol–water partition coefficient (Wildman–Crippen LogP) is 3.31. The number of ether oxygens (including phenoxy) is 1. The van der Waals surface area contributed by atoms with Gasteiger partial charge in [-0.15, -0.1) is 0 Å². The average molecular weight is 349 g/mol. The molecule has 0 aromatic carbocycles. The number of anilines is 1. The fourth-order valence-corrected chi connectivity index (χ4v) is 2.06. The fraction of sp³-hybridized carbons (Fsp3) is 0.667. The van der Waals surface area contributed by atoms with E-state index in [1.807, 2.05) is 6.92 Å². The van der Waals surface area contributed by atoms with Gasteiger partial charge in [0.05, 0.1) is 9.26 Å². The number of aryl methyl sites for hydroxylation is 1. The van der Waals surface area contributed by atoms with E-state index >= 15 is 0 Å². The molecule has 0 saturated heterocycles. The number of hydrogen-bond donors (Lipinski definition) is 1. The Bertz CT molecular complexity index is 371. The summed E-state index contributed by atoms with van der Waals surface area (Å²) in [4.78, 5) is 9.08. The molecular formula is C12H20IN3O. The normalized spacial score (nSPS) is 12.5. The number of aromatic nitrogens is 2. The Hall–Kier alpha value is -0.430. The van der Waals surface area contributed by atoms with Crippen molar-refractivity contribution in [1.29, 1.82) is 0 Å². The highest BCUT2D eigenvalue weighted by atomic mass is 127. The summed E-state index contributed by atoms with van der Waals surface area (Å²) in [6.45, 7) is 7.06. The molecule has 1 unspecified atom stereocenters. The lowest BCUT2D eigenvalue weighted by Crippen LogP contribution is -2.12. The van der Waals surface area contributed by atoms with E-state index in [4.69, 9.17) is 4.74 Å². The Morgan fingerprint density at radius 2 is 2.06 bits per heavy atom. The zero-order valence-corrected chi connectivity index (χ0v) is 13.0. The molecule has 1 rings (SSSR count). The van der Waals surface area contributed by atoms with Crippen LogP contribution in [0.1, 0.15) is 44.3 Å². The van der Waals surface area contributed by atoms with Crippen LogP contribution >= 0.6 is 22.6 Å². The zero-order chi connectivity index (χ0) is 12.8. The van der Waals surface area contributed by atoms with E-state index in [0.29, 0.717) is 0 Å². The van der Waals surface area contributed by atoms with Gasteiger partial charge < -0.3 is 10.1 Å². The van der Waals surface area contributed by atoms with Crippen LogP contribution in [-0.4, -0.2) is 23.6 Å². The van der Waals surface area contributed by atoms with E-state index in [1.54, 1.807) is 7.11 Å². The van der Waals surface area contributed by atoms with Gasteiger partial charge in [0, 0.05) is 13.7 Å². The smallest absolute Gasteiger partial charge is 0.159 e. The molecule has 1 aromatic rings. The number of methoxy groups -OCH3 is 1. The summed E-state index contributed by atoms with van der Waals surface area (Å²) in [7, 11) is 1.71. The second-order valence-corrected chi connectivity index (χ2v) is 4.95. The molecule has 0 amide bonds. The molecule has 17 heavy (non-hydrogen) atoms. The summed E-state index contributed by atoms with van der Waals surface area (Å²) < 4.78 is 6.53. The summed E-state index contributed by atoms with van der Waals surface area (Å²) in [6.07, 6.45) is 2.00. The largest absolute Gasteiger partial charge is 0.373 e. The maximum Gasteiger partial charge on any atom is 0.159 e. The maximum atomic E-state index is 5.45. The molecule has 0 aliphatic heterocycles. The van der Waals surface area contributed by atoms with Crippen molar-refractivity contribution >= 4 is 28.4 Å². The number of halogens is 1. The van der Waals surface area contributed by atoms with E-state index in [2.05, 4.69) is 51.7 Å². The van der Waals surface area contributed by atoms with Gasteiger partial charge in [-0.25, -0.2) is 9.97 Å². The van der Waals surface area contributed by atoms with Gasteiger partial charge in [0.25, 0.3) is 0 Å². The maximum absolute atomic E-state index is 5.45. The first kappa shape index (κ1) is 14.6. The van der Waals surface area contributed by atoms with E-state index < -0.39 is 0 Å². The van der Waals surface area contributed by atoms with Crippen LogP contribution < -0.4 is 5.32 Å². The van der Waals surface area contributed by atoms with Crippen LogP contribution in [0.5, 0.6) is 0 Å². The lowest BCUT2D eigenvalue weighted by molar-refractivity contribution is 0.0875.